The molecular weight excluding hydrogens is 702 g/mol. The Morgan fingerprint density at radius 2 is 1.02 bits per heavy atom. The number of esters is 5. The van der Waals surface area contributed by atoms with Crippen LogP contribution in [-0.4, -0.2) is 73.3 Å². The molecule has 0 aliphatic heterocycles. The Hall–Kier alpha value is -5.01. The summed E-state index contributed by atoms with van der Waals surface area (Å²) in [6.07, 6.45) is 1.68. The second-order valence-electron chi connectivity index (χ2n) is 14.2. The second-order valence-corrected chi connectivity index (χ2v) is 14.2. The lowest BCUT2D eigenvalue weighted by atomic mass is 9.89. The van der Waals surface area contributed by atoms with Gasteiger partial charge in [0.2, 0.25) is 5.91 Å². The molecule has 1 rings (SSSR count). The van der Waals surface area contributed by atoms with Crippen LogP contribution in [0.15, 0.2) is 48.6 Å². The van der Waals surface area contributed by atoms with Crippen LogP contribution in [0, 0.1) is 16.2 Å². The molecule has 0 aliphatic carbocycles. The number of ether oxygens (including phenoxy) is 5. The molecule has 0 spiro atoms. The zero-order chi connectivity index (χ0) is 42.3. The highest BCUT2D eigenvalue weighted by atomic mass is 16.6. The molecular formula is C40H61NO13. The van der Waals surface area contributed by atoms with E-state index in [0.29, 0.717) is 35.4 Å². The highest BCUT2D eigenvalue weighted by Crippen LogP contribution is 2.24. The number of rotatable bonds is 19. The molecule has 0 aliphatic rings. The van der Waals surface area contributed by atoms with Crippen molar-refractivity contribution in [1.29, 1.82) is 0 Å². The number of nitrogens with one attached hydrogen (secondary N) is 1. The van der Waals surface area contributed by atoms with E-state index in [-0.39, 0.29) is 57.1 Å². The van der Waals surface area contributed by atoms with Gasteiger partial charge in [0.05, 0.1) is 23.7 Å². The molecule has 2 N–H and O–H groups in total. The minimum absolute atomic E-state index is 0.0128. The fourth-order valence-electron chi connectivity index (χ4n) is 2.90. The first kappa shape index (κ1) is 51.1. The van der Waals surface area contributed by atoms with Gasteiger partial charge in [0.15, 0.2) is 0 Å². The average Bonchev–Trinajstić information content (AvgIpc) is 3.11. The highest BCUT2D eigenvalue weighted by molar-refractivity contribution is 5.95. The average molecular weight is 764 g/mol. The topological polar surface area (TPSA) is 198 Å². The third-order valence-corrected chi connectivity index (χ3v) is 8.06. The molecule has 0 saturated carbocycles. The maximum atomic E-state index is 12.0. The molecule has 14 heteroatoms. The van der Waals surface area contributed by atoms with Crippen LogP contribution in [0.1, 0.15) is 108 Å². The molecule has 1 aromatic carbocycles. The van der Waals surface area contributed by atoms with Gasteiger partial charge in [0.25, 0.3) is 0 Å². The highest BCUT2D eigenvalue weighted by Gasteiger charge is 2.28. The predicted octanol–water partition coefficient (Wildman–Crippen LogP) is 7.00. The van der Waals surface area contributed by atoms with Gasteiger partial charge in [-0.1, -0.05) is 47.8 Å². The number of aliphatic carboxylic acids is 1. The lowest BCUT2D eigenvalue weighted by molar-refractivity contribution is -0.159. The summed E-state index contributed by atoms with van der Waals surface area (Å²) in [5.74, 6) is -2.82. The van der Waals surface area contributed by atoms with Crippen molar-refractivity contribution in [3.8, 4) is 5.75 Å². The van der Waals surface area contributed by atoms with Crippen molar-refractivity contribution in [1.82, 2.24) is 0 Å². The van der Waals surface area contributed by atoms with Gasteiger partial charge in [-0.25, -0.2) is 9.59 Å². The van der Waals surface area contributed by atoms with E-state index in [4.69, 9.17) is 28.8 Å². The number of benzene rings is 1. The minimum atomic E-state index is -1.05. The van der Waals surface area contributed by atoms with Crippen LogP contribution in [0.25, 0.3) is 0 Å². The van der Waals surface area contributed by atoms with Crippen LogP contribution < -0.4 is 10.1 Å². The summed E-state index contributed by atoms with van der Waals surface area (Å²) in [6, 6.07) is 6.67. The first-order chi connectivity index (χ1) is 24.9. The van der Waals surface area contributed by atoms with E-state index in [9.17, 15) is 33.6 Å². The summed E-state index contributed by atoms with van der Waals surface area (Å²) in [5, 5.41) is 11.2. The summed E-state index contributed by atoms with van der Waals surface area (Å²) in [6.45, 7) is 26.9. The molecule has 1 aromatic rings. The summed E-state index contributed by atoms with van der Waals surface area (Å²) < 4.78 is 24.5. The second kappa shape index (κ2) is 25.1. The van der Waals surface area contributed by atoms with Crippen molar-refractivity contribution < 1.29 is 62.4 Å². The zero-order valence-corrected chi connectivity index (χ0v) is 33.9. The fourth-order valence-corrected chi connectivity index (χ4v) is 2.90. The Kier molecular flexibility index (Phi) is 23.7. The van der Waals surface area contributed by atoms with Crippen LogP contribution in [-0.2, 0) is 52.5 Å². The Balaban J connectivity index is 0. The number of hydrogen-bond donors (Lipinski definition) is 2. The maximum absolute atomic E-state index is 12.0. The lowest BCUT2D eigenvalue weighted by Crippen LogP contribution is -2.29. The quantitative estimate of drug-likeness (QED) is 0.0481. The van der Waals surface area contributed by atoms with Crippen molar-refractivity contribution >= 4 is 47.4 Å². The van der Waals surface area contributed by atoms with E-state index in [0.717, 1.165) is 6.42 Å². The molecule has 0 atom stereocenters. The molecule has 0 unspecified atom stereocenters. The van der Waals surface area contributed by atoms with Crippen LogP contribution in [0.2, 0.25) is 0 Å². The smallest absolute Gasteiger partial charge is 0.338 e. The normalized spacial score (nSPS) is 10.8. The molecule has 0 heterocycles. The van der Waals surface area contributed by atoms with Gasteiger partial charge in [-0.05, 0) is 85.1 Å². The molecule has 1 amide bonds. The maximum Gasteiger partial charge on any atom is 0.338 e. The van der Waals surface area contributed by atoms with Gasteiger partial charge in [-0.2, -0.15) is 0 Å². The Bertz CT molecular complexity index is 1440. The Morgan fingerprint density at radius 1 is 0.611 bits per heavy atom. The van der Waals surface area contributed by atoms with Crippen LogP contribution in [0.3, 0.4) is 0 Å². The number of carboxylic acid groups (broad SMARTS) is 1. The standard InChI is InChI=1S/C16H21NO3.C12H20O6.C12H20O4/c1-6-16(4,5)15(19)17-12-7-9-13(10-8-12)20-14(18)11(2)3;1-4-12(2,3)11(16)18-8-7-17-10(15)6-5-9(13)14;1-6-12(4,5)11(14)16-8-7-15-10(13)9(2)3/h7-10H,2,6H2,1,3-5H3,(H,17,19);4-8H2,1-3H3,(H,13,14);2,6-8H2,1,3-5H3. The van der Waals surface area contributed by atoms with E-state index in [1.54, 1.807) is 52.0 Å². The van der Waals surface area contributed by atoms with E-state index in [1.807, 2.05) is 48.5 Å². The summed E-state index contributed by atoms with van der Waals surface area (Å²) in [7, 11) is 0. The first-order valence-corrected chi connectivity index (χ1v) is 17.7. The van der Waals surface area contributed by atoms with E-state index < -0.39 is 40.1 Å². The molecule has 14 nitrogen and oxygen atoms in total. The molecule has 54 heavy (non-hydrogen) atoms. The minimum Gasteiger partial charge on any atom is -0.481 e. The molecule has 0 fully saturated rings. The Morgan fingerprint density at radius 3 is 1.41 bits per heavy atom. The fraction of sp³-hybridized carbons (Fsp3) is 0.575. The van der Waals surface area contributed by atoms with Crippen molar-refractivity contribution in [2.75, 3.05) is 31.7 Å². The van der Waals surface area contributed by atoms with Crippen molar-refractivity contribution in [2.45, 2.75) is 108 Å². The van der Waals surface area contributed by atoms with Gasteiger partial charge < -0.3 is 34.1 Å². The summed E-state index contributed by atoms with van der Waals surface area (Å²) >= 11 is 0. The Labute approximate surface area is 320 Å². The number of anilines is 1. The van der Waals surface area contributed by atoms with Gasteiger partial charge in [0, 0.05) is 22.2 Å². The van der Waals surface area contributed by atoms with Crippen molar-refractivity contribution in [3.05, 3.63) is 48.6 Å². The molecule has 304 valence electrons. The summed E-state index contributed by atoms with van der Waals surface area (Å²) in [5.41, 5.74) is -0.101. The SMILES string of the molecule is C=C(C)C(=O)OCCOC(=O)C(C)(C)CC.C=C(C)C(=O)Oc1ccc(NC(=O)C(C)(C)CC)cc1.CCC(C)(C)C(=O)OCCOC(=O)CCC(=O)O. The molecule has 0 saturated heterocycles. The molecule has 0 aromatic heterocycles. The first-order valence-electron chi connectivity index (χ1n) is 17.7. The van der Waals surface area contributed by atoms with Gasteiger partial charge in [-0.15, -0.1) is 0 Å². The number of carbonyl (C=O) groups excluding carboxylic acids is 6. The zero-order valence-electron chi connectivity index (χ0n) is 33.9. The number of carboxylic acids is 1. The van der Waals surface area contributed by atoms with Crippen molar-refractivity contribution in [2.24, 2.45) is 16.2 Å². The number of hydrogen-bond acceptors (Lipinski definition) is 12. The van der Waals surface area contributed by atoms with E-state index in [1.165, 1.54) is 0 Å². The number of carbonyl (C=O) groups is 7. The van der Waals surface area contributed by atoms with Crippen LogP contribution in [0.5, 0.6) is 5.75 Å². The third-order valence-electron chi connectivity index (χ3n) is 8.06. The van der Waals surface area contributed by atoms with E-state index >= 15 is 0 Å². The summed E-state index contributed by atoms with van der Waals surface area (Å²) in [4.78, 5) is 78.6. The number of amides is 1. The van der Waals surface area contributed by atoms with Crippen molar-refractivity contribution in [3.63, 3.8) is 0 Å². The monoisotopic (exact) mass is 763 g/mol. The van der Waals surface area contributed by atoms with E-state index in [2.05, 4.69) is 18.5 Å². The van der Waals surface area contributed by atoms with Gasteiger partial charge in [0.1, 0.15) is 32.2 Å². The lowest BCUT2D eigenvalue weighted by Gasteiger charge is -2.21. The van der Waals surface area contributed by atoms with Gasteiger partial charge in [-0.3, -0.25) is 24.0 Å². The molecule has 0 bridgehead atoms. The van der Waals surface area contributed by atoms with Crippen LogP contribution >= 0.6 is 0 Å². The molecule has 0 radical (unpaired) electrons. The van der Waals surface area contributed by atoms with Crippen LogP contribution in [0.4, 0.5) is 5.69 Å². The third kappa shape index (κ3) is 22.1. The predicted molar refractivity (Wildman–Crippen MR) is 203 cm³/mol. The largest absolute Gasteiger partial charge is 0.481 e. The van der Waals surface area contributed by atoms with Gasteiger partial charge >= 0.3 is 35.8 Å².